The Morgan fingerprint density at radius 1 is 1.07 bits per heavy atom. The third-order valence-electron chi connectivity index (χ3n) is 6.04. The monoisotopic (exact) mass is 540 g/mol. The number of amides is 2. The van der Waals surface area contributed by atoms with Crippen LogP contribution in [0, 0.1) is 23.7 Å². The van der Waals surface area contributed by atoms with Crippen molar-refractivity contribution in [3.8, 4) is 0 Å². The SMILES string of the molecule is CN=C(NCCCN1C(=O)C2C3C=CC(C3)C2C1=O)NCCSc1ccccc1.I. The van der Waals surface area contributed by atoms with Crippen LogP contribution in [0.15, 0.2) is 52.4 Å². The molecular formula is C22H29IN4O2S. The molecule has 8 heteroatoms. The number of fused-ring (bicyclic) bond motifs is 5. The van der Waals surface area contributed by atoms with Crippen molar-refractivity contribution in [2.24, 2.45) is 28.7 Å². The van der Waals surface area contributed by atoms with Crippen molar-refractivity contribution in [3.63, 3.8) is 0 Å². The molecule has 2 fully saturated rings. The number of likely N-dealkylation sites (tertiary alicyclic amines) is 1. The molecule has 162 valence electrons. The number of carbonyl (C=O) groups is 2. The summed E-state index contributed by atoms with van der Waals surface area (Å²) in [5, 5.41) is 6.57. The van der Waals surface area contributed by atoms with Gasteiger partial charge < -0.3 is 10.6 Å². The fourth-order valence-electron chi connectivity index (χ4n) is 4.70. The molecule has 4 atom stereocenters. The van der Waals surface area contributed by atoms with Crippen LogP contribution in [0.2, 0.25) is 0 Å². The van der Waals surface area contributed by atoms with E-state index in [1.807, 2.05) is 18.2 Å². The van der Waals surface area contributed by atoms with Gasteiger partial charge in [-0.15, -0.1) is 35.7 Å². The van der Waals surface area contributed by atoms with Crippen molar-refractivity contribution in [1.82, 2.24) is 15.5 Å². The molecule has 4 unspecified atom stereocenters. The van der Waals surface area contributed by atoms with E-state index in [9.17, 15) is 9.59 Å². The Balaban J connectivity index is 0.00000256. The minimum absolute atomic E-state index is 0. The molecule has 0 spiro atoms. The molecule has 0 aromatic heterocycles. The maximum Gasteiger partial charge on any atom is 0.233 e. The normalized spacial score (nSPS) is 26.7. The molecule has 0 radical (unpaired) electrons. The van der Waals surface area contributed by atoms with Gasteiger partial charge in [0.25, 0.3) is 0 Å². The van der Waals surface area contributed by atoms with Crippen molar-refractivity contribution in [1.29, 1.82) is 0 Å². The lowest BCUT2D eigenvalue weighted by molar-refractivity contribution is -0.140. The van der Waals surface area contributed by atoms with Gasteiger partial charge in [-0.25, -0.2) is 0 Å². The van der Waals surface area contributed by atoms with E-state index in [4.69, 9.17) is 0 Å². The number of guanidine groups is 1. The summed E-state index contributed by atoms with van der Waals surface area (Å²) in [5.41, 5.74) is 0. The first kappa shape index (κ1) is 23.1. The number of imide groups is 1. The van der Waals surface area contributed by atoms with Gasteiger partial charge in [-0.2, -0.15) is 0 Å². The molecule has 3 aliphatic rings. The summed E-state index contributed by atoms with van der Waals surface area (Å²) in [6, 6.07) is 10.3. The zero-order chi connectivity index (χ0) is 20.2. The number of halogens is 1. The second-order valence-electron chi connectivity index (χ2n) is 7.77. The van der Waals surface area contributed by atoms with Gasteiger partial charge in [0.05, 0.1) is 11.8 Å². The van der Waals surface area contributed by atoms with Gasteiger partial charge in [0.2, 0.25) is 11.8 Å². The number of hydrogen-bond donors (Lipinski definition) is 2. The Kier molecular flexibility index (Phi) is 8.21. The Morgan fingerprint density at radius 2 is 1.70 bits per heavy atom. The van der Waals surface area contributed by atoms with E-state index in [2.05, 4.69) is 39.9 Å². The molecule has 2 amide bonds. The van der Waals surface area contributed by atoms with E-state index in [1.54, 1.807) is 18.8 Å². The molecule has 2 N–H and O–H groups in total. The lowest BCUT2D eigenvalue weighted by atomic mass is 9.85. The molecule has 1 saturated carbocycles. The van der Waals surface area contributed by atoms with Gasteiger partial charge in [-0.05, 0) is 36.8 Å². The molecule has 1 heterocycles. The fourth-order valence-corrected chi connectivity index (χ4v) is 5.49. The predicted octanol–water partition coefficient (Wildman–Crippen LogP) is 2.76. The molecule has 2 bridgehead atoms. The highest BCUT2D eigenvalue weighted by atomic mass is 127. The minimum atomic E-state index is -0.0954. The number of thioether (sulfide) groups is 1. The van der Waals surface area contributed by atoms with Crippen molar-refractivity contribution < 1.29 is 9.59 Å². The quantitative estimate of drug-likeness (QED) is 0.101. The number of allylic oxidation sites excluding steroid dienone is 2. The summed E-state index contributed by atoms with van der Waals surface area (Å²) in [4.78, 5) is 32.3. The van der Waals surface area contributed by atoms with E-state index in [0.29, 0.717) is 13.1 Å². The van der Waals surface area contributed by atoms with Crippen LogP contribution in [-0.4, -0.2) is 55.1 Å². The van der Waals surface area contributed by atoms with Crippen LogP contribution in [0.3, 0.4) is 0 Å². The van der Waals surface area contributed by atoms with Crippen molar-refractivity contribution in [3.05, 3.63) is 42.5 Å². The lowest BCUT2D eigenvalue weighted by Gasteiger charge is -2.18. The fraction of sp³-hybridized carbons (Fsp3) is 0.500. The molecule has 6 nitrogen and oxygen atoms in total. The van der Waals surface area contributed by atoms with Gasteiger partial charge in [-0.1, -0.05) is 30.4 Å². The second kappa shape index (κ2) is 10.7. The zero-order valence-corrected chi connectivity index (χ0v) is 20.3. The number of hydrogen-bond acceptors (Lipinski definition) is 4. The van der Waals surface area contributed by atoms with Crippen molar-refractivity contribution in [2.75, 3.05) is 32.4 Å². The Labute approximate surface area is 199 Å². The highest BCUT2D eigenvalue weighted by Crippen LogP contribution is 2.52. The summed E-state index contributed by atoms with van der Waals surface area (Å²) in [6.07, 6.45) is 5.97. The molecule has 1 saturated heterocycles. The maximum atomic E-state index is 12.7. The lowest BCUT2D eigenvalue weighted by Crippen LogP contribution is -2.40. The number of aliphatic imine (C=N–C) groups is 1. The number of nitrogens with one attached hydrogen (secondary N) is 2. The number of rotatable bonds is 8. The smallest absolute Gasteiger partial charge is 0.233 e. The van der Waals surface area contributed by atoms with E-state index in [0.717, 1.165) is 31.1 Å². The van der Waals surface area contributed by atoms with Crippen LogP contribution in [0.5, 0.6) is 0 Å². The zero-order valence-electron chi connectivity index (χ0n) is 17.1. The first-order valence-corrected chi connectivity index (χ1v) is 11.3. The average Bonchev–Trinajstić information content (AvgIpc) is 3.42. The van der Waals surface area contributed by atoms with Crippen LogP contribution in [0.25, 0.3) is 0 Å². The summed E-state index contributed by atoms with van der Waals surface area (Å²) in [5.74, 6) is 2.14. The molecule has 1 aromatic rings. The van der Waals surface area contributed by atoms with Crippen LogP contribution in [-0.2, 0) is 9.59 Å². The topological polar surface area (TPSA) is 73.8 Å². The largest absolute Gasteiger partial charge is 0.356 e. The van der Waals surface area contributed by atoms with Crippen LogP contribution in [0.4, 0.5) is 0 Å². The summed E-state index contributed by atoms with van der Waals surface area (Å²) in [7, 11) is 1.75. The van der Waals surface area contributed by atoms with E-state index < -0.39 is 0 Å². The molecule has 1 aromatic carbocycles. The van der Waals surface area contributed by atoms with Gasteiger partial charge in [0, 0.05) is 37.3 Å². The molecule has 30 heavy (non-hydrogen) atoms. The Morgan fingerprint density at radius 3 is 2.33 bits per heavy atom. The van der Waals surface area contributed by atoms with Crippen LogP contribution < -0.4 is 10.6 Å². The predicted molar refractivity (Wildman–Crippen MR) is 131 cm³/mol. The first-order chi connectivity index (χ1) is 14.2. The molecule has 2 aliphatic carbocycles. The van der Waals surface area contributed by atoms with Gasteiger partial charge >= 0.3 is 0 Å². The van der Waals surface area contributed by atoms with Crippen molar-refractivity contribution in [2.45, 2.75) is 17.7 Å². The second-order valence-corrected chi connectivity index (χ2v) is 8.94. The van der Waals surface area contributed by atoms with Crippen molar-refractivity contribution >= 4 is 53.5 Å². The summed E-state index contributed by atoms with van der Waals surface area (Å²) in [6.45, 7) is 1.96. The molecular weight excluding hydrogens is 511 g/mol. The highest BCUT2D eigenvalue weighted by Gasteiger charge is 2.58. The van der Waals surface area contributed by atoms with Gasteiger partial charge in [-0.3, -0.25) is 19.5 Å². The highest BCUT2D eigenvalue weighted by molar-refractivity contribution is 14.0. The van der Waals surface area contributed by atoms with E-state index >= 15 is 0 Å². The van der Waals surface area contributed by atoms with Crippen LogP contribution >= 0.6 is 35.7 Å². The maximum absolute atomic E-state index is 12.7. The molecule has 4 rings (SSSR count). The number of nitrogens with zero attached hydrogens (tertiary/aromatic N) is 2. The standard InChI is InChI=1S/C22H28N4O2S.HI/c1-23-22(25-11-13-29-17-6-3-2-4-7-17)24-10-5-12-26-20(27)18-15-8-9-16(14-15)19(18)21(26)28;/h2-4,6-9,15-16,18-19H,5,10-14H2,1H3,(H2,23,24,25);1H. The van der Waals surface area contributed by atoms with E-state index in [1.165, 1.54) is 9.80 Å². The third-order valence-corrected chi connectivity index (χ3v) is 7.06. The molecule has 1 aliphatic heterocycles. The first-order valence-electron chi connectivity index (χ1n) is 10.3. The minimum Gasteiger partial charge on any atom is -0.356 e. The average molecular weight is 540 g/mol. The third kappa shape index (κ3) is 4.85. The van der Waals surface area contributed by atoms with Gasteiger partial charge in [0.15, 0.2) is 5.96 Å². The summed E-state index contributed by atoms with van der Waals surface area (Å²) < 4.78 is 0. The van der Waals surface area contributed by atoms with E-state index in [-0.39, 0.29) is 59.5 Å². The van der Waals surface area contributed by atoms with Crippen LogP contribution in [0.1, 0.15) is 12.8 Å². The Bertz CT molecular complexity index is 787. The number of carbonyl (C=O) groups excluding carboxylic acids is 2. The number of benzene rings is 1. The van der Waals surface area contributed by atoms with Gasteiger partial charge in [0.1, 0.15) is 0 Å². The summed E-state index contributed by atoms with van der Waals surface area (Å²) >= 11 is 1.80. The Hall–Kier alpha value is -1.55.